The van der Waals surface area contributed by atoms with Gasteiger partial charge in [-0.25, -0.2) is 4.39 Å². The third kappa shape index (κ3) is 4.91. The molecule has 0 spiro atoms. The molecule has 0 aromatic heterocycles. The quantitative estimate of drug-likeness (QED) is 0.420. The molecule has 1 atom stereocenters. The topological polar surface area (TPSA) is 84.3 Å². The van der Waals surface area contributed by atoms with E-state index in [9.17, 15) is 19.3 Å². The second kappa shape index (κ2) is 8.44. The molecule has 0 aliphatic heterocycles. The first kappa shape index (κ1) is 20.1. The molecule has 2 N–H and O–H groups in total. The Morgan fingerprint density at radius 3 is 2.62 bits per heavy atom. The minimum Gasteiger partial charge on any atom is -0.324 e. The van der Waals surface area contributed by atoms with Gasteiger partial charge in [0.05, 0.1) is 22.2 Å². The van der Waals surface area contributed by atoms with Gasteiger partial charge in [-0.15, -0.1) is 0 Å². The van der Waals surface area contributed by atoms with Crippen molar-refractivity contribution < 1.29 is 14.1 Å². The maximum absolute atomic E-state index is 13.6. The first-order chi connectivity index (χ1) is 12.2. The van der Waals surface area contributed by atoms with Gasteiger partial charge in [-0.2, -0.15) is 0 Å². The number of amides is 1. The van der Waals surface area contributed by atoms with Crippen LogP contribution in [0.25, 0.3) is 0 Å². The number of non-ortho nitro benzene ring substituents is 1. The number of halogens is 3. The molecule has 0 saturated heterocycles. The minimum absolute atomic E-state index is 0.0789. The number of benzene rings is 2. The van der Waals surface area contributed by atoms with Crippen LogP contribution < -0.4 is 10.6 Å². The Balaban J connectivity index is 2.02. The van der Waals surface area contributed by atoms with Crippen LogP contribution in [0.3, 0.4) is 0 Å². The van der Waals surface area contributed by atoms with Gasteiger partial charge in [0.2, 0.25) is 5.91 Å². The Bertz CT molecular complexity index is 861. The number of nitrogens with zero attached hydrogens (tertiary/aromatic N) is 1. The molecule has 0 heterocycles. The van der Waals surface area contributed by atoms with Crippen LogP contribution in [0.4, 0.5) is 15.8 Å². The van der Waals surface area contributed by atoms with Crippen molar-refractivity contribution in [1.82, 2.24) is 5.32 Å². The normalized spacial score (nSPS) is 11.9. The van der Waals surface area contributed by atoms with Gasteiger partial charge in [-0.3, -0.25) is 14.9 Å². The summed E-state index contributed by atoms with van der Waals surface area (Å²) in [6.07, 6.45) is 0. The number of nitro groups is 1. The SMILES string of the molecule is Cc1ccc([N+](=O)[O-])cc1NC(=O)CN[C@@H](C)c1cc(F)c(Cl)cc1Cl. The molecule has 26 heavy (non-hydrogen) atoms. The van der Waals surface area contributed by atoms with E-state index in [2.05, 4.69) is 10.6 Å². The van der Waals surface area contributed by atoms with Crippen LogP contribution in [-0.4, -0.2) is 17.4 Å². The molecule has 6 nitrogen and oxygen atoms in total. The van der Waals surface area contributed by atoms with Crippen molar-refractivity contribution in [3.63, 3.8) is 0 Å². The average Bonchev–Trinajstić information content (AvgIpc) is 2.57. The van der Waals surface area contributed by atoms with Crippen molar-refractivity contribution in [2.45, 2.75) is 19.9 Å². The van der Waals surface area contributed by atoms with Crippen molar-refractivity contribution in [2.24, 2.45) is 0 Å². The zero-order valence-corrected chi connectivity index (χ0v) is 15.5. The summed E-state index contributed by atoms with van der Waals surface area (Å²) in [7, 11) is 0. The highest BCUT2D eigenvalue weighted by Crippen LogP contribution is 2.28. The van der Waals surface area contributed by atoms with Crippen molar-refractivity contribution in [2.75, 3.05) is 11.9 Å². The fourth-order valence-corrected chi connectivity index (χ4v) is 2.82. The predicted octanol–water partition coefficient (Wildman–Crippen LogP) is 4.64. The Morgan fingerprint density at radius 1 is 1.27 bits per heavy atom. The average molecular weight is 400 g/mol. The van der Waals surface area contributed by atoms with Gasteiger partial charge in [-0.1, -0.05) is 29.3 Å². The Labute approximate surface area is 159 Å². The van der Waals surface area contributed by atoms with Crippen LogP contribution in [0.2, 0.25) is 10.0 Å². The van der Waals surface area contributed by atoms with Gasteiger partial charge < -0.3 is 10.6 Å². The van der Waals surface area contributed by atoms with Crippen molar-refractivity contribution >= 4 is 40.5 Å². The van der Waals surface area contributed by atoms with Crippen molar-refractivity contribution in [1.29, 1.82) is 0 Å². The maximum atomic E-state index is 13.6. The van der Waals surface area contributed by atoms with Crippen LogP contribution in [0.15, 0.2) is 30.3 Å². The fraction of sp³-hybridized carbons (Fsp3) is 0.235. The smallest absolute Gasteiger partial charge is 0.271 e. The molecule has 0 aliphatic carbocycles. The Kier molecular flexibility index (Phi) is 6.52. The molecule has 0 saturated carbocycles. The van der Waals surface area contributed by atoms with Gasteiger partial charge in [-0.05, 0) is 37.1 Å². The van der Waals surface area contributed by atoms with Gasteiger partial charge in [0, 0.05) is 23.2 Å². The molecule has 0 unspecified atom stereocenters. The van der Waals surface area contributed by atoms with E-state index in [0.29, 0.717) is 16.8 Å². The maximum Gasteiger partial charge on any atom is 0.271 e. The Hall–Kier alpha value is -2.22. The molecule has 9 heteroatoms. The number of anilines is 1. The lowest BCUT2D eigenvalue weighted by Gasteiger charge is -2.16. The lowest BCUT2D eigenvalue weighted by atomic mass is 10.1. The molecule has 0 radical (unpaired) electrons. The number of carbonyl (C=O) groups excluding carboxylic acids is 1. The van der Waals surface area contributed by atoms with Crippen molar-refractivity contribution in [3.8, 4) is 0 Å². The number of hydrogen-bond acceptors (Lipinski definition) is 4. The van der Waals surface area contributed by atoms with E-state index in [4.69, 9.17) is 23.2 Å². The predicted molar refractivity (Wildman–Crippen MR) is 99.3 cm³/mol. The second-order valence-electron chi connectivity index (χ2n) is 5.69. The standard InChI is InChI=1S/C17H16Cl2FN3O3/c1-9-3-4-11(23(25)26)5-16(9)22-17(24)8-21-10(2)12-6-15(20)14(19)7-13(12)18/h3-7,10,21H,8H2,1-2H3,(H,22,24)/t10-/m0/s1. The summed E-state index contributed by atoms with van der Waals surface area (Å²) in [6.45, 7) is 3.36. The third-order valence-corrected chi connectivity index (χ3v) is 4.40. The van der Waals surface area contributed by atoms with Crippen LogP contribution in [-0.2, 0) is 4.79 Å². The molecule has 0 fully saturated rings. The van der Waals surface area contributed by atoms with Gasteiger partial charge >= 0.3 is 0 Å². The molecule has 0 bridgehead atoms. The first-order valence-corrected chi connectivity index (χ1v) is 8.37. The summed E-state index contributed by atoms with van der Waals surface area (Å²) in [5.74, 6) is -0.998. The summed E-state index contributed by atoms with van der Waals surface area (Å²) >= 11 is 11.7. The van der Waals surface area contributed by atoms with E-state index < -0.39 is 22.7 Å². The van der Waals surface area contributed by atoms with Crippen LogP contribution in [0.1, 0.15) is 24.1 Å². The zero-order chi connectivity index (χ0) is 19.4. The van der Waals surface area contributed by atoms with Crippen LogP contribution in [0.5, 0.6) is 0 Å². The highest BCUT2D eigenvalue weighted by Gasteiger charge is 2.15. The first-order valence-electron chi connectivity index (χ1n) is 7.61. The highest BCUT2D eigenvalue weighted by atomic mass is 35.5. The number of rotatable bonds is 6. The minimum atomic E-state index is -0.601. The molecular formula is C17H16Cl2FN3O3. The lowest BCUT2D eigenvalue weighted by Crippen LogP contribution is -2.30. The summed E-state index contributed by atoms with van der Waals surface area (Å²) < 4.78 is 13.6. The molecule has 138 valence electrons. The van der Waals surface area contributed by atoms with E-state index in [1.54, 1.807) is 19.9 Å². The van der Waals surface area contributed by atoms with E-state index >= 15 is 0 Å². The number of hydrogen-bond donors (Lipinski definition) is 2. The molecule has 0 aliphatic rings. The molecule has 2 rings (SSSR count). The molecule has 2 aromatic carbocycles. The summed E-state index contributed by atoms with van der Waals surface area (Å²) in [6, 6.07) is 6.32. The van der Waals surface area contributed by atoms with E-state index in [1.165, 1.54) is 24.3 Å². The van der Waals surface area contributed by atoms with Crippen molar-refractivity contribution in [3.05, 3.63) is 67.4 Å². The summed E-state index contributed by atoms with van der Waals surface area (Å²) in [5, 5.41) is 16.6. The molecular weight excluding hydrogens is 384 g/mol. The molecule has 2 aromatic rings. The van der Waals surface area contributed by atoms with Crippen LogP contribution in [0, 0.1) is 22.9 Å². The van der Waals surface area contributed by atoms with Gasteiger partial charge in [0.25, 0.3) is 5.69 Å². The molecule has 1 amide bonds. The van der Waals surface area contributed by atoms with Crippen LogP contribution >= 0.6 is 23.2 Å². The fourth-order valence-electron chi connectivity index (χ4n) is 2.28. The number of aryl methyl sites for hydroxylation is 1. The summed E-state index contributed by atoms with van der Waals surface area (Å²) in [4.78, 5) is 22.4. The highest BCUT2D eigenvalue weighted by molar-refractivity contribution is 6.35. The largest absolute Gasteiger partial charge is 0.324 e. The monoisotopic (exact) mass is 399 g/mol. The number of nitrogens with one attached hydrogen (secondary N) is 2. The van der Waals surface area contributed by atoms with E-state index in [0.717, 1.165) is 0 Å². The number of carbonyl (C=O) groups is 1. The van der Waals surface area contributed by atoms with E-state index in [-0.39, 0.29) is 22.3 Å². The van der Waals surface area contributed by atoms with E-state index in [1.807, 2.05) is 0 Å². The summed E-state index contributed by atoms with van der Waals surface area (Å²) in [5.41, 5.74) is 1.40. The third-order valence-electron chi connectivity index (χ3n) is 3.78. The zero-order valence-electron chi connectivity index (χ0n) is 14.0. The number of nitro benzene ring substituents is 1. The van der Waals surface area contributed by atoms with Gasteiger partial charge in [0.1, 0.15) is 5.82 Å². The Morgan fingerprint density at radius 2 is 1.96 bits per heavy atom. The lowest BCUT2D eigenvalue weighted by molar-refractivity contribution is -0.384. The second-order valence-corrected chi connectivity index (χ2v) is 6.51. The van der Waals surface area contributed by atoms with Gasteiger partial charge in [0.15, 0.2) is 0 Å².